The van der Waals surface area contributed by atoms with Crippen LogP contribution < -0.4 is 10.6 Å². The maximum Gasteiger partial charge on any atom is 0.511 e. The smallest absolute Gasteiger partial charge is 0.383 e. The minimum Gasteiger partial charge on any atom is -0.383 e. The number of aliphatic imine (C=N–C) groups is 1. The van der Waals surface area contributed by atoms with Crippen LogP contribution in [0.4, 0.5) is 13.2 Å². The lowest BCUT2D eigenvalue weighted by molar-refractivity contribution is -0.0494. The summed E-state index contributed by atoms with van der Waals surface area (Å²) in [5, 5.41) is 6.27. The van der Waals surface area contributed by atoms with Gasteiger partial charge in [-0.2, -0.15) is 17.5 Å². The van der Waals surface area contributed by atoms with Crippen LogP contribution >= 0.6 is 24.0 Å². The van der Waals surface area contributed by atoms with Gasteiger partial charge in [0.15, 0.2) is 5.96 Å². The maximum atomic E-state index is 12.6. The van der Waals surface area contributed by atoms with E-state index < -0.39 is 15.5 Å². The molecule has 0 aromatic rings. The van der Waals surface area contributed by atoms with Crippen molar-refractivity contribution in [3.05, 3.63) is 0 Å². The number of hydrogen-bond donors (Lipinski definition) is 2. The summed E-state index contributed by atoms with van der Waals surface area (Å²) < 4.78 is 66.3. The minimum absolute atomic E-state index is 0. The van der Waals surface area contributed by atoms with E-state index in [1.165, 1.54) is 0 Å². The van der Waals surface area contributed by atoms with Gasteiger partial charge < -0.3 is 20.3 Å². The number of piperidine rings is 1. The van der Waals surface area contributed by atoms with Crippen molar-refractivity contribution in [3.8, 4) is 0 Å². The van der Waals surface area contributed by atoms with Crippen LogP contribution in [-0.4, -0.2) is 95.2 Å². The summed E-state index contributed by atoms with van der Waals surface area (Å²) in [4.78, 5) is 6.54. The second-order valence-corrected chi connectivity index (χ2v) is 8.25. The zero-order valence-corrected chi connectivity index (χ0v) is 19.6. The fourth-order valence-electron chi connectivity index (χ4n) is 2.59. The normalized spacial score (nSPS) is 17.5. The largest absolute Gasteiger partial charge is 0.511 e. The Kier molecular flexibility index (Phi) is 12.9. The van der Waals surface area contributed by atoms with Crippen molar-refractivity contribution in [1.29, 1.82) is 0 Å². The molecular weight excluding hydrogens is 514 g/mol. The first-order valence-corrected chi connectivity index (χ1v) is 10.3. The Morgan fingerprint density at radius 2 is 1.89 bits per heavy atom. The van der Waals surface area contributed by atoms with E-state index in [1.807, 2.05) is 14.0 Å². The predicted octanol–water partition coefficient (Wildman–Crippen LogP) is 1.05. The quantitative estimate of drug-likeness (QED) is 0.256. The highest BCUT2D eigenvalue weighted by Gasteiger charge is 2.50. The molecule has 0 atom stereocenters. The molecule has 0 saturated carbocycles. The van der Waals surface area contributed by atoms with Crippen LogP contribution in [-0.2, 0) is 14.8 Å². The molecule has 2 N–H and O–H groups in total. The zero-order chi connectivity index (χ0) is 20.5. The molecule has 1 saturated heterocycles. The topological polar surface area (TPSA) is 86.3 Å². The number of sulfonamides is 1. The van der Waals surface area contributed by atoms with Gasteiger partial charge in [0.25, 0.3) is 0 Å². The van der Waals surface area contributed by atoms with Crippen LogP contribution in [0.1, 0.15) is 19.8 Å². The highest BCUT2D eigenvalue weighted by atomic mass is 127. The molecule has 0 radical (unpaired) electrons. The molecule has 1 aliphatic rings. The second kappa shape index (κ2) is 13.0. The van der Waals surface area contributed by atoms with Crippen molar-refractivity contribution in [2.45, 2.75) is 31.3 Å². The van der Waals surface area contributed by atoms with Crippen molar-refractivity contribution >= 4 is 40.0 Å². The lowest BCUT2D eigenvalue weighted by Crippen LogP contribution is -2.51. The zero-order valence-electron chi connectivity index (χ0n) is 16.5. The van der Waals surface area contributed by atoms with Crippen LogP contribution in [0.2, 0.25) is 0 Å². The molecule has 0 aliphatic carbocycles. The molecule has 168 valence electrons. The van der Waals surface area contributed by atoms with E-state index in [9.17, 15) is 21.6 Å². The number of alkyl halides is 3. The van der Waals surface area contributed by atoms with Crippen molar-refractivity contribution in [2.75, 3.05) is 60.0 Å². The molecule has 0 bridgehead atoms. The van der Waals surface area contributed by atoms with Crippen molar-refractivity contribution in [2.24, 2.45) is 4.99 Å². The molecule has 0 unspecified atom stereocenters. The number of halogens is 4. The van der Waals surface area contributed by atoms with Gasteiger partial charge in [0, 0.05) is 45.9 Å². The lowest BCUT2D eigenvalue weighted by Gasteiger charge is -2.32. The lowest BCUT2D eigenvalue weighted by atomic mass is 10.1. The summed E-state index contributed by atoms with van der Waals surface area (Å²) in [6.45, 7) is 4.95. The van der Waals surface area contributed by atoms with Gasteiger partial charge in [0.1, 0.15) is 0 Å². The summed E-state index contributed by atoms with van der Waals surface area (Å²) in [7, 11) is -1.64. The van der Waals surface area contributed by atoms with E-state index in [0.29, 0.717) is 30.0 Å². The number of hydrogen-bond acceptors (Lipinski definition) is 5. The Morgan fingerprint density at radius 1 is 1.29 bits per heavy atom. The van der Waals surface area contributed by atoms with E-state index >= 15 is 0 Å². The van der Waals surface area contributed by atoms with E-state index in [2.05, 4.69) is 20.5 Å². The molecule has 1 rings (SSSR count). The molecule has 1 aliphatic heterocycles. The summed E-state index contributed by atoms with van der Waals surface area (Å²) in [5.41, 5.74) is -5.25. The highest BCUT2D eigenvalue weighted by Crippen LogP contribution is 2.28. The van der Waals surface area contributed by atoms with Crippen LogP contribution in [0.3, 0.4) is 0 Å². The van der Waals surface area contributed by atoms with Crippen LogP contribution in [0.15, 0.2) is 4.99 Å². The Labute approximate surface area is 182 Å². The average Bonchev–Trinajstić information content (AvgIpc) is 2.59. The Morgan fingerprint density at radius 3 is 2.39 bits per heavy atom. The first kappa shape index (κ1) is 27.6. The number of methoxy groups -OCH3 is 1. The highest BCUT2D eigenvalue weighted by molar-refractivity contribution is 14.0. The molecular formula is C15H31F3IN5O3S. The predicted molar refractivity (Wildman–Crippen MR) is 113 cm³/mol. The van der Waals surface area contributed by atoms with E-state index in [1.54, 1.807) is 7.11 Å². The monoisotopic (exact) mass is 545 g/mol. The number of nitrogens with one attached hydrogen (secondary N) is 2. The van der Waals surface area contributed by atoms with Crippen molar-refractivity contribution < 1.29 is 26.3 Å². The summed E-state index contributed by atoms with van der Waals surface area (Å²) in [6.07, 6.45) is 0.570. The fourth-order valence-corrected chi connectivity index (χ4v) is 3.58. The van der Waals surface area contributed by atoms with E-state index in [0.717, 1.165) is 13.1 Å². The standard InChI is InChI=1S/C15H30F3N5O3S.HI/c1-4-19-14(20-7-10-22(2)11-12-26-3)21-13-5-8-23(9-6-13)27(24,25)15(16,17)18;/h13H,4-12H2,1-3H3,(H2,19,20,21);1H. The number of rotatable bonds is 9. The second-order valence-electron chi connectivity index (χ2n) is 6.33. The van der Waals surface area contributed by atoms with Gasteiger partial charge >= 0.3 is 15.5 Å². The number of likely N-dealkylation sites (N-methyl/N-ethyl adjacent to an activating group) is 1. The Hall–Kier alpha value is -0.380. The van der Waals surface area contributed by atoms with Gasteiger partial charge in [0.05, 0.1) is 13.2 Å². The SMILES string of the molecule is CCNC(=NCCN(C)CCOC)NC1CCN(S(=O)(=O)C(F)(F)F)CC1.I. The molecule has 0 aromatic heterocycles. The molecule has 0 aromatic carbocycles. The summed E-state index contributed by atoms with van der Waals surface area (Å²) >= 11 is 0. The third-order valence-electron chi connectivity index (χ3n) is 4.20. The third-order valence-corrected chi connectivity index (χ3v) is 5.83. The van der Waals surface area contributed by atoms with Crippen LogP contribution in [0.25, 0.3) is 0 Å². The summed E-state index contributed by atoms with van der Waals surface area (Å²) in [6, 6.07) is -0.131. The van der Waals surface area contributed by atoms with E-state index in [-0.39, 0.29) is 55.9 Å². The molecule has 13 heteroatoms. The first-order valence-electron chi connectivity index (χ1n) is 8.90. The first-order chi connectivity index (χ1) is 12.6. The van der Waals surface area contributed by atoms with Gasteiger partial charge in [-0.1, -0.05) is 0 Å². The Bertz CT molecular complexity index is 570. The molecule has 8 nitrogen and oxygen atoms in total. The van der Waals surface area contributed by atoms with Gasteiger partial charge in [-0.05, 0) is 26.8 Å². The van der Waals surface area contributed by atoms with Crippen molar-refractivity contribution in [1.82, 2.24) is 19.8 Å². The van der Waals surface area contributed by atoms with Crippen molar-refractivity contribution in [3.63, 3.8) is 0 Å². The van der Waals surface area contributed by atoms with Crippen LogP contribution in [0.5, 0.6) is 0 Å². The number of nitrogens with zero attached hydrogens (tertiary/aromatic N) is 3. The molecule has 1 heterocycles. The minimum atomic E-state index is -5.25. The number of ether oxygens (including phenoxy) is 1. The average molecular weight is 545 g/mol. The Balaban J connectivity index is 0.00000729. The fraction of sp³-hybridized carbons (Fsp3) is 0.933. The van der Waals surface area contributed by atoms with Gasteiger partial charge in [-0.3, -0.25) is 4.99 Å². The molecule has 0 spiro atoms. The third kappa shape index (κ3) is 8.97. The van der Waals surface area contributed by atoms with Gasteiger partial charge in [0.2, 0.25) is 0 Å². The maximum absolute atomic E-state index is 12.6. The summed E-state index contributed by atoms with van der Waals surface area (Å²) in [5.74, 6) is 0.578. The molecule has 1 fully saturated rings. The number of guanidine groups is 1. The van der Waals surface area contributed by atoms with E-state index in [4.69, 9.17) is 4.74 Å². The van der Waals surface area contributed by atoms with Crippen LogP contribution in [0, 0.1) is 0 Å². The van der Waals surface area contributed by atoms with Gasteiger partial charge in [-0.25, -0.2) is 8.42 Å². The molecule has 28 heavy (non-hydrogen) atoms. The van der Waals surface area contributed by atoms with Gasteiger partial charge in [-0.15, -0.1) is 24.0 Å². The molecule has 0 amide bonds.